The molecule has 2 aliphatic rings. The second-order valence-corrected chi connectivity index (χ2v) is 9.23. The van der Waals surface area contributed by atoms with Crippen molar-refractivity contribution in [1.29, 1.82) is 0 Å². The molecule has 36 heavy (non-hydrogen) atoms. The fourth-order valence-corrected chi connectivity index (χ4v) is 4.93. The molecule has 3 aromatic rings. The third-order valence-corrected chi connectivity index (χ3v) is 6.76. The van der Waals surface area contributed by atoms with Crippen LogP contribution in [0.15, 0.2) is 24.7 Å². The van der Waals surface area contributed by atoms with E-state index >= 15 is 0 Å². The second kappa shape index (κ2) is 11.5. The second-order valence-electron chi connectivity index (χ2n) is 8.83. The Hall–Kier alpha value is -2.82. The van der Waals surface area contributed by atoms with Gasteiger partial charge in [0.05, 0.1) is 35.0 Å². The van der Waals surface area contributed by atoms with E-state index in [1.54, 1.807) is 17.2 Å². The van der Waals surface area contributed by atoms with Crippen LogP contribution in [-0.2, 0) is 4.74 Å². The zero-order chi connectivity index (χ0) is 24.4. The van der Waals surface area contributed by atoms with E-state index in [-0.39, 0.29) is 46.7 Å². The van der Waals surface area contributed by atoms with Crippen LogP contribution < -0.4 is 5.32 Å². The molecule has 0 bridgehead atoms. The fourth-order valence-electron chi connectivity index (χ4n) is 4.68. The van der Waals surface area contributed by atoms with Crippen molar-refractivity contribution in [2.24, 2.45) is 0 Å². The first kappa shape index (κ1) is 26.2. The van der Waals surface area contributed by atoms with Crippen molar-refractivity contribution < 1.29 is 13.9 Å². The summed E-state index contributed by atoms with van der Waals surface area (Å²) in [6, 6.07) is 1.77. The number of amides is 1. The molecule has 0 aliphatic carbocycles. The van der Waals surface area contributed by atoms with Crippen LogP contribution in [0, 0.1) is 12.7 Å². The summed E-state index contributed by atoms with van der Waals surface area (Å²) < 4.78 is 22.3. The lowest BCUT2D eigenvalue weighted by Crippen LogP contribution is -2.36. The van der Waals surface area contributed by atoms with Crippen LogP contribution in [0.1, 0.15) is 54.5 Å². The molecule has 0 saturated carbocycles. The van der Waals surface area contributed by atoms with Gasteiger partial charge in [-0.15, -0.1) is 12.4 Å². The van der Waals surface area contributed by atoms with E-state index in [0.29, 0.717) is 37.7 Å². The number of pyridine rings is 1. The molecule has 0 spiro atoms. The number of rotatable bonds is 5. The van der Waals surface area contributed by atoms with Crippen molar-refractivity contribution in [1.82, 2.24) is 29.4 Å². The molecule has 12 heteroatoms. The average molecular weight is 536 g/mol. The Balaban J connectivity index is 0.00000304. The number of aryl methyl sites for hydroxylation is 1. The summed E-state index contributed by atoms with van der Waals surface area (Å²) in [5.41, 5.74) is 1.47. The van der Waals surface area contributed by atoms with E-state index in [1.807, 2.05) is 11.5 Å². The fraction of sp³-hybridized carbons (Fsp3) is 0.458. The van der Waals surface area contributed by atoms with Crippen LogP contribution in [0.4, 0.5) is 16.0 Å². The molecule has 192 valence electrons. The van der Waals surface area contributed by atoms with Crippen molar-refractivity contribution in [3.05, 3.63) is 47.0 Å². The lowest BCUT2D eigenvalue weighted by atomic mass is 10.1. The standard InChI is InChI=1S/C24H27ClFN7O2.ClH/c1-15-27-14-20(33(15)17-5-9-35-10-6-17)22-19(26)13-29-24(31-22)30-16-11-18(25)21(28-12-16)23(34)32-7-3-2-4-8-32;/h11-14,17H,2-10H2,1H3,(H,29,30,31);1H. The number of nitrogens with one attached hydrogen (secondary N) is 1. The summed E-state index contributed by atoms with van der Waals surface area (Å²) in [5, 5.41) is 3.26. The van der Waals surface area contributed by atoms with Crippen molar-refractivity contribution in [3.8, 4) is 11.4 Å². The average Bonchev–Trinajstić information content (AvgIpc) is 3.27. The highest BCUT2D eigenvalue weighted by atomic mass is 35.5. The van der Waals surface area contributed by atoms with Crippen molar-refractivity contribution >= 4 is 41.6 Å². The van der Waals surface area contributed by atoms with Gasteiger partial charge in [0.25, 0.3) is 5.91 Å². The maximum absolute atomic E-state index is 14.8. The maximum Gasteiger partial charge on any atom is 0.273 e. The highest BCUT2D eigenvalue weighted by molar-refractivity contribution is 6.33. The Morgan fingerprint density at radius 1 is 1.11 bits per heavy atom. The summed E-state index contributed by atoms with van der Waals surface area (Å²) in [7, 11) is 0. The Kier molecular flexibility index (Phi) is 8.38. The van der Waals surface area contributed by atoms with Gasteiger partial charge in [0.15, 0.2) is 5.82 Å². The number of halogens is 3. The monoisotopic (exact) mass is 535 g/mol. The van der Waals surface area contributed by atoms with Crippen LogP contribution in [0.3, 0.4) is 0 Å². The van der Waals surface area contributed by atoms with E-state index in [1.165, 1.54) is 6.20 Å². The van der Waals surface area contributed by atoms with Gasteiger partial charge >= 0.3 is 0 Å². The van der Waals surface area contributed by atoms with Crippen LogP contribution in [0.5, 0.6) is 0 Å². The van der Waals surface area contributed by atoms with E-state index in [0.717, 1.165) is 44.1 Å². The van der Waals surface area contributed by atoms with Gasteiger partial charge in [0.1, 0.15) is 17.2 Å². The smallest absolute Gasteiger partial charge is 0.273 e. The number of aromatic nitrogens is 5. The number of hydrogen-bond acceptors (Lipinski definition) is 7. The molecule has 1 amide bonds. The van der Waals surface area contributed by atoms with E-state index in [4.69, 9.17) is 16.3 Å². The van der Waals surface area contributed by atoms with Crippen LogP contribution >= 0.6 is 24.0 Å². The number of carbonyl (C=O) groups excluding carboxylic acids is 1. The minimum Gasteiger partial charge on any atom is -0.381 e. The topological polar surface area (TPSA) is 98.1 Å². The molecule has 2 saturated heterocycles. The minimum atomic E-state index is -0.539. The van der Waals surface area contributed by atoms with Gasteiger partial charge in [-0.1, -0.05) is 11.6 Å². The SMILES string of the molecule is Cc1ncc(-c2nc(Nc3cnc(C(=O)N4CCCCC4)c(Cl)c3)ncc2F)n1C1CCOCC1.Cl. The molecule has 5 rings (SSSR count). The molecule has 2 fully saturated rings. The van der Waals surface area contributed by atoms with Gasteiger partial charge < -0.3 is 19.5 Å². The molecule has 0 aromatic carbocycles. The first-order valence-corrected chi connectivity index (χ1v) is 12.3. The quantitative estimate of drug-likeness (QED) is 0.491. The predicted molar refractivity (Wildman–Crippen MR) is 137 cm³/mol. The number of ether oxygens (including phenoxy) is 1. The number of piperidine rings is 1. The zero-order valence-electron chi connectivity index (χ0n) is 19.9. The Bertz CT molecular complexity index is 1230. The first-order valence-electron chi connectivity index (χ1n) is 11.9. The van der Waals surface area contributed by atoms with Gasteiger partial charge in [-0.05, 0) is 45.1 Å². The minimum absolute atomic E-state index is 0. The van der Waals surface area contributed by atoms with Crippen LogP contribution in [-0.4, -0.2) is 61.6 Å². The largest absolute Gasteiger partial charge is 0.381 e. The maximum atomic E-state index is 14.8. The third kappa shape index (κ3) is 5.45. The Labute approximate surface area is 219 Å². The van der Waals surface area contributed by atoms with E-state index in [9.17, 15) is 9.18 Å². The summed E-state index contributed by atoms with van der Waals surface area (Å²) in [6.45, 7) is 4.65. The zero-order valence-corrected chi connectivity index (χ0v) is 21.5. The predicted octanol–water partition coefficient (Wildman–Crippen LogP) is 4.98. The van der Waals surface area contributed by atoms with E-state index < -0.39 is 5.82 Å². The molecule has 5 heterocycles. The number of hydrogen-bond donors (Lipinski definition) is 1. The van der Waals surface area contributed by atoms with Crippen molar-refractivity contribution in [3.63, 3.8) is 0 Å². The molecule has 0 unspecified atom stereocenters. The molecule has 9 nitrogen and oxygen atoms in total. The summed E-state index contributed by atoms with van der Waals surface area (Å²) >= 11 is 6.40. The number of likely N-dealkylation sites (tertiary alicyclic amines) is 1. The number of anilines is 2. The normalized spacial score (nSPS) is 16.5. The Morgan fingerprint density at radius 2 is 1.86 bits per heavy atom. The van der Waals surface area contributed by atoms with Crippen molar-refractivity contribution in [2.75, 3.05) is 31.6 Å². The van der Waals surface area contributed by atoms with Gasteiger partial charge in [-0.3, -0.25) is 4.79 Å². The summed E-state index contributed by atoms with van der Waals surface area (Å²) in [5.74, 6) is 0.275. The molecular formula is C24H28Cl2FN7O2. The lowest BCUT2D eigenvalue weighted by Gasteiger charge is -2.26. The summed E-state index contributed by atoms with van der Waals surface area (Å²) in [6.07, 6.45) is 9.03. The molecule has 0 radical (unpaired) electrons. The van der Waals surface area contributed by atoms with Gasteiger partial charge in [0.2, 0.25) is 5.95 Å². The van der Waals surface area contributed by atoms with Gasteiger partial charge in [0, 0.05) is 32.3 Å². The molecule has 1 N–H and O–H groups in total. The Morgan fingerprint density at radius 3 is 2.58 bits per heavy atom. The molecular weight excluding hydrogens is 508 g/mol. The highest BCUT2D eigenvalue weighted by Crippen LogP contribution is 2.31. The molecule has 3 aromatic heterocycles. The van der Waals surface area contributed by atoms with Gasteiger partial charge in [-0.25, -0.2) is 24.3 Å². The first-order chi connectivity index (χ1) is 17.0. The third-order valence-electron chi connectivity index (χ3n) is 6.47. The number of nitrogens with zero attached hydrogens (tertiary/aromatic N) is 6. The molecule has 2 aliphatic heterocycles. The number of imidazole rings is 1. The highest BCUT2D eigenvalue weighted by Gasteiger charge is 2.24. The van der Waals surface area contributed by atoms with Gasteiger partial charge in [-0.2, -0.15) is 0 Å². The number of carbonyl (C=O) groups is 1. The van der Waals surface area contributed by atoms with Crippen LogP contribution in [0.25, 0.3) is 11.4 Å². The van der Waals surface area contributed by atoms with E-state index in [2.05, 4.69) is 25.3 Å². The van der Waals surface area contributed by atoms with Crippen molar-refractivity contribution in [2.45, 2.75) is 45.1 Å². The van der Waals surface area contributed by atoms with Crippen LogP contribution in [0.2, 0.25) is 5.02 Å². The summed E-state index contributed by atoms with van der Waals surface area (Å²) in [4.78, 5) is 31.8. The lowest BCUT2D eigenvalue weighted by molar-refractivity contribution is 0.0694. The molecule has 0 atom stereocenters.